The molecule has 0 unspecified atom stereocenters. The highest BCUT2D eigenvalue weighted by atomic mass is 16.5. The van der Waals surface area contributed by atoms with Gasteiger partial charge in [-0.1, -0.05) is 5.16 Å². The predicted octanol–water partition coefficient (Wildman–Crippen LogP) is 1.64. The van der Waals surface area contributed by atoms with E-state index in [-0.39, 0.29) is 23.8 Å². The lowest BCUT2D eigenvalue weighted by atomic mass is 9.86. The van der Waals surface area contributed by atoms with Crippen molar-refractivity contribution in [2.45, 2.75) is 51.1 Å². The van der Waals surface area contributed by atoms with E-state index in [0.29, 0.717) is 31.4 Å². The molecule has 1 aliphatic carbocycles. The van der Waals surface area contributed by atoms with Gasteiger partial charge in [-0.05, 0) is 39.5 Å². The maximum atomic E-state index is 12.2. The normalized spacial score (nSPS) is 20.6. The van der Waals surface area contributed by atoms with Crippen LogP contribution in [-0.4, -0.2) is 41.4 Å². The zero-order valence-electron chi connectivity index (χ0n) is 14.5. The van der Waals surface area contributed by atoms with Crippen LogP contribution in [0.5, 0.6) is 0 Å². The number of rotatable bonds is 5. The number of aliphatic carboxylic acids is 1. The van der Waals surface area contributed by atoms with Gasteiger partial charge in [0.25, 0.3) is 0 Å². The molecule has 2 rings (SSSR count). The number of ether oxygens (including phenoxy) is 1. The van der Waals surface area contributed by atoms with Gasteiger partial charge in [-0.25, -0.2) is 9.59 Å². The molecule has 0 spiro atoms. The maximum Gasteiger partial charge on any atom is 0.376 e. The fourth-order valence-corrected chi connectivity index (χ4v) is 2.82. The second-order valence-corrected chi connectivity index (χ2v) is 6.68. The number of carboxylic acid groups (broad SMARTS) is 1. The van der Waals surface area contributed by atoms with Crippen molar-refractivity contribution in [2.24, 2.45) is 5.92 Å². The van der Waals surface area contributed by atoms with Gasteiger partial charge in [0, 0.05) is 12.1 Å². The highest BCUT2D eigenvalue weighted by molar-refractivity contribution is 5.86. The number of nitrogens with zero attached hydrogens (tertiary/aromatic N) is 1. The van der Waals surface area contributed by atoms with Crippen LogP contribution in [0.25, 0.3) is 0 Å². The maximum absolute atomic E-state index is 12.2. The average Bonchev–Trinajstić information content (AvgIpc) is 3.05. The van der Waals surface area contributed by atoms with Crippen molar-refractivity contribution in [1.82, 2.24) is 15.8 Å². The number of hydrogen-bond acceptors (Lipinski definition) is 6. The van der Waals surface area contributed by atoms with Crippen LogP contribution >= 0.6 is 0 Å². The number of amides is 2. The number of aromatic nitrogens is 1. The van der Waals surface area contributed by atoms with Crippen LogP contribution in [0.15, 0.2) is 10.6 Å². The molecule has 1 heterocycles. The first kappa shape index (κ1) is 18.8. The molecule has 1 aromatic rings. The van der Waals surface area contributed by atoms with Gasteiger partial charge in [0.2, 0.25) is 5.76 Å². The van der Waals surface area contributed by atoms with Gasteiger partial charge in [-0.15, -0.1) is 0 Å². The van der Waals surface area contributed by atoms with Gasteiger partial charge in [-0.2, -0.15) is 0 Å². The van der Waals surface area contributed by atoms with Gasteiger partial charge in [0.05, 0.1) is 18.6 Å². The van der Waals surface area contributed by atoms with Crippen LogP contribution < -0.4 is 10.6 Å². The summed E-state index contributed by atoms with van der Waals surface area (Å²) in [6, 6.07) is 0.977. The van der Waals surface area contributed by atoms with Gasteiger partial charge in [0.1, 0.15) is 5.69 Å². The third-order valence-corrected chi connectivity index (χ3v) is 4.37. The van der Waals surface area contributed by atoms with Crippen molar-refractivity contribution in [2.75, 3.05) is 7.11 Å². The fourth-order valence-electron chi connectivity index (χ4n) is 2.82. The summed E-state index contributed by atoms with van der Waals surface area (Å²) in [5.74, 6) is -1.80. The minimum absolute atomic E-state index is 0.0419. The molecular formula is C16H23N3O6. The lowest BCUT2D eigenvalue weighted by Crippen LogP contribution is -2.50. The number of carbonyl (C=O) groups is 3. The molecule has 25 heavy (non-hydrogen) atoms. The molecule has 138 valence electrons. The fraction of sp³-hybridized carbons (Fsp3) is 0.625. The summed E-state index contributed by atoms with van der Waals surface area (Å²) in [7, 11) is 1.24. The van der Waals surface area contributed by atoms with Gasteiger partial charge in [-0.3, -0.25) is 4.79 Å². The summed E-state index contributed by atoms with van der Waals surface area (Å²) >= 11 is 0. The first-order valence-electron chi connectivity index (χ1n) is 8.10. The second kappa shape index (κ2) is 7.54. The van der Waals surface area contributed by atoms with E-state index in [1.165, 1.54) is 13.2 Å². The minimum atomic E-state index is -0.863. The van der Waals surface area contributed by atoms with Crippen molar-refractivity contribution in [3.05, 3.63) is 17.5 Å². The predicted molar refractivity (Wildman–Crippen MR) is 85.9 cm³/mol. The summed E-state index contributed by atoms with van der Waals surface area (Å²) in [5, 5.41) is 18.4. The number of carboxylic acids is 1. The lowest BCUT2D eigenvalue weighted by molar-refractivity contribution is -0.142. The topological polar surface area (TPSA) is 131 Å². The Kier molecular flexibility index (Phi) is 5.66. The zero-order chi connectivity index (χ0) is 18.6. The molecule has 0 saturated heterocycles. The van der Waals surface area contributed by atoms with Crippen molar-refractivity contribution >= 4 is 18.0 Å². The molecule has 2 amide bonds. The quantitative estimate of drug-likeness (QED) is 0.686. The molecule has 0 radical (unpaired) electrons. The van der Waals surface area contributed by atoms with Gasteiger partial charge in [0.15, 0.2) is 0 Å². The SMILES string of the molecule is COC(=O)c1cc(C(C)(C)NC(=O)NC2CCC(C(=O)O)CC2)no1. The number of carbonyl (C=O) groups excluding carboxylic acids is 2. The number of methoxy groups -OCH3 is 1. The highest BCUT2D eigenvalue weighted by Crippen LogP contribution is 2.25. The zero-order valence-corrected chi connectivity index (χ0v) is 14.5. The van der Waals surface area contributed by atoms with Crippen LogP contribution in [0, 0.1) is 5.92 Å². The van der Waals surface area contributed by atoms with Crippen LogP contribution in [-0.2, 0) is 15.1 Å². The molecule has 0 atom stereocenters. The number of esters is 1. The number of hydrogen-bond donors (Lipinski definition) is 3. The molecule has 3 N–H and O–H groups in total. The van der Waals surface area contributed by atoms with Crippen LogP contribution in [0.2, 0.25) is 0 Å². The Labute approximate surface area is 145 Å². The average molecular weight is 353 g/mol. The molecule has 0 aromatic carbocycles. The Morgan fingerprint density at radius 3 is 2.48 bits per heavy atom. The summed E-state index contributed by atoms with van der Waals surface area (Å²) in [5.41, 5.74) is -0.476. The minimum Gasteiger partial charge on any atom is -0.481 e. The van der Waals surface area contributed by atoms with E-state index in [0.717, 1.165) is 0 Å². The van der Waals surface area contributed by atoms with Crippen LogP contribution in [0.3, 0.4) is 0 Å². The Bertz CT molecular complexity index is 646. The van der Waals surface area contributed by atoms with E-state index >= 15 is 0 Å². The van der Waals surface area contributed by atoms with Crippen molar-refractivity contribution in [3.8, 4) is 0 Å². The Balaban J connectivity index is 1.89. The molecule has 9 heteroatoms. The highest BCUT2D eigenvalue weighted by Gasteiger charge is 2.31. The van der Waals surface area contributed by atoms with E-state index in [9.17, 15) is 14.4 Å². The summed E-state index contributed by atoms with van der Waals surface area (Å²) < 4.78 is 9.47. The molecule has 9 nitrogen and oxygen atoms in total. The van der Waals surface area contributed by atoms with Crippen LogP contribution in [0.1, 0.15) is 55.8 Å². The molecule has 0 bridgehead atoms. The largest absolute Gasteiger partial charge is 0.481 e. The van der Waals surface area contributed by atoms with Crippen molar-refractivity contribution < 1.29 is 28.8 Å². The molecule has 0 aliphatic heterocycles. The first-order valence-corrected chi connectivity index (χ1v) is 8.10. The molecular weight excluding hydrogens is 330 g/mol. The Hall–Kier alpha value is -2.58. The third-order valence-electron chi connectivity index (χ3n) is 4.37. The van der Waals surface area contributed by atoms with Gasteiger partial charge >= 0.3 is 18.0 Å². The van der Waals surface area contributed by atoms with Gasteiger partial charge < -0.3 is 25.0 Å². The standard InChI is InChI=1S/C16H23N3O6/c1-16(2,12-8-11(25-19-12)14(22)24-3)18-15(23)17-10-6-4-9(5-7-10)13(20)21/h8-10H,4-7H2,1-3H3,(H,20,21)(H2,17,18,23). The summed E-state index contributed by atoms with van der Waals surface area (Å²) in [6.45, 7) is 3.46. The molecule has 1 aromatic heterocycles. The summed E-state index contributed by atoms with van der Waals surface area (Å²) in [6.07, 6.45) is 2.35. The molecule has 1 fully saturated rings. The van der Waals surface area contributed by atoms with E-state index in [1.54, 1.807) is 13.8 Å². The smallest absolute Gasteiger partial charge is 0.376 e. The monoisotopic (exact) mass is 353 g/mol. The Morgan fingerprint density at radius 2 is 1.92 bits per heavy atom. The molecule has 1 aliphatic rings. The molecule has 1 saturated carbocycles. The van der Waals surface area contributed by atoms with Crippen molar-refractivity contribution in [3.63, 3.8) is 0 Å². The number of nitrogens with one attached hydrogen (secondary N) is 2. The van der Waals surface area contributed by atoms with Crippen molar-refractivity contribution in [1.29, 1.82) is 0 Å². The van der Waals surface area contributed by atoms with Crippen LogP contribution in [0.4, 0.5) is 4.79 Å². The van der Waals surface area contributed by atoms with E-state index < -0.39 is 17.5 Å². The van der Waals surface area contributed by atoms with E-state index in [1.807, 2.05) is 0 Å². The summed E-state index contributed by atoms with van der Waals surface area (Å²) in [4.78, 5) is 34.6. The number of urea groups is 1. The lowest BCUT2D eigenvalue weighted by Gasteiger charge is -2.29. The first-order chi connectivity index (χ1) is 11.7. The third kappa shape index (κ3) is 4.71. The Morgan fingerprint density at radius 1 is 1.28 bits per heavy atom. The van der Waals surface area contributed by atoms with E-state index in [2.05, 4.69) is 20.5 Å². The van der Waals surface area contributed by atoms with E-state index in [4.69, 9.17) is 9.63 Å². The second-order valence-electron chi connectivity index (χ2n) is 6.68.